The maximum absolute atomic E-state index is 12.2. The highest BCUT2D eigenvalue weighted by atomic mass is 32.2. The second-order valence-corrected chi connectivity index (χ2v) is 8.67. The number of hydrogen-bond donors (Lipinski definition) is 2. The monoisotopic (exact) mass is 388 g/mol. The van der Waals surface area contributed by atoms with E-state index in [0.29, 0.717) is 11.3 Å². The largest absolute Gasteiger partial charge is 0.343 e. The highest BCUT2D eigenvalue weighted by molar-refractivity contribution is 7.90. The van der Waals surface area contributed by atoms with Crippen molar-refractivity contribution in [3.63, 3.8) is 0 Å². The highest BCUT2D eigenvalue weighted by Crippen LogP contribution is 2.21. The van der Waals surface area contributed by atoms with Crippen LogP contribution in [0.15, 0.2) is 58.8 Å². The first-order chi connectivity index (χ1) is 12.3. The van der Waals surface area contributed by atoms with Gasteiger partial charge in [-0.25, -0.2) is 8.42 Å². The summed E-state index contributed by atoms with van der Waals surface area (Å²) < 4.78 is 24.2. The predicted molar refractivity (Wildman–Crippen MR) is 102 cm³/mol. The number of carbonyl (C=O) groups is 2. The lowest BCUT2D eigenvalue weighted by Crippen LogP contribution is -2.32. The number of hydrogen-bond acceptors (Lipinski definition) is 5. The van der Waals surface area contributed by atoms with Crippen molar-refractivity contribution in [1.82, 2.24) is 5.32 Å². The molecule has 0 radical (unpaired) electrons. The second kappa shape index (κ2) is 7.27. The molecule has 0 unspecified atom stereocenters. The molecule has 3 aromatic rings. The summed E-state index contributed by atoms with van der Waals surface area (Å²) in [5.74, 6) is -0.793. The van der Waals surface area contributed by atoms with Gasteiger partial charge in [0.15, 0.2) is 9.84 Å². The summed E-state index contributed by atoms with van der Waals surface area (Å²) in [6.45, 7) is -0.219. The van der Waals surface area contributed by atoms with Gasteiger partial charge in [0.1, 0.15) is 0 Å². The van der Waals surface area contributed by atoms with Gasteiger partial charge in [-0.1, -0.05) is 6.07 Å². The summed E-state index contributed by atoms with van der Waals surface area (Å²) in [7, 11) is -3.36. The van der Waals surface area contributed by atoms with E-state index in [1.807, 2.05) is 17.5 Å². The van der Waals surface area contributed by atoms with E-state index in [2.05, 4.69) is 10.6 Å². The van der Waals surface area contributed by atoms with Gasteiger partial charge in [0.05, 0.1) is 11.4 Å². The van der Waals surface area contributed by atoms with Gasteiger partial charge in [-0.3, -0.25) is 9.59 Å². The topological polar surface area (TPSA) is 92.3 Å². The Morgan fingerprint density at radius 1 is 1.08 bits per heavy atom. The minimum atomic E-state index is -3.36. The minimum absolute atomic E-state index is 0.114. The molecule has 2 aromatic carbocycles. The predicted octanol–water partition coefficient (Wildman–Crippen LogP) is 2.67. The fourth-order valence-electron chi connectivity index (χ4n) is 2.38. The van der Waals surface area contributed by atoms with Crippen LogP contribution < -0.4 is 10.6 Å². The third-order valence-electron chi connectivity index (χ3n) is 3.67. The first-order valence-electron chi connectivity index (χ1n) is 7.68. The third-order valence-corrected chi connectivity index (χ3v) is 5.68. The SMILES string of the molecule is CS(=O)(=O)c1cccc(NC(=O)CNC(=O)c2ccc3sccc3c2)c1. The number of anilines is 1. The Hall–Kier alpha value is -2.71. The number of rotatable bonds is 5. The molecule has 3 rings (SSSR count). The fraction of sp³-hybridized carbons (Fsp3) is 0.111. The van der Waals surface area contributed by atoms with Gasteiger partial charge in [0.2, 0.25) is 5.91 Å². The fourth-order valence-corrected chi connectivity index (χ4v) is 3.82. The summed E-state index contributed by atoms with van der Waals surface area (Å²) in [6.07, 6.45) is 1.10. The van der Waals surface area contributed by atoms with Crippen molar-refractivity contribution >= 4 is 48.8 Å². The number of thiophene rings is 1. The molecule has 6 nitrogen and oxygen atoms in total. The molecule has 1 heterocycles. The Kier molecular flexibility index (Phi) is 5.06. The van der Waals surface area contributed by atoms with Gasteiger partial charge in [0.25, 0.3) is 5.91 Å². The zero-order valence-corrected chi connectivity index (χ0v) is 15.5. The average Bonchev–Trinajstić information content (AvgIpc) is 3.07. The first-order valence-corrected chi connectivity index (χ1v) is 10.5. The molecule has 0 fully saturated rings. The van der Waals surface area contributed by atoms with E-state index in [1.54, 1.807) is 35.6 Å². The van der Waals surface area contributed by atoms with E-state index < -0.39 is 15.7 Å². The van der Waals surface area contributed by atoms with Crippen molar-refractivity contribution in [3.8, 4) is 0 Å². The smallest absolute Gasteiger partial charge is 0.251 e. The maximum atomic E-state index is 12.2. The second-order valence-electron chi connectivity index (χ2n) is 5.70. The number of amides is 2. The van der Waals surface area contributed by atoms with Gasteiger partial charge in [-0.2, -0.15) is 0 Å². The molecule has 8 heteroatoms. The van der Waals surface area contributed by atoms with Crippen LogP contribution in [0.4, 0.5) is 5.69 Å². The Bertz CT molecular complexity index is 1090. The van der Waals surface area contributed by atoms with E-state index in [4.69, 9.17) is 0 Å². The van der Waals surface area contributed by atoms with Crippen LogP contribution in [0, 0.1) is 0 Å². The Morgan fingerprint density at radius 2 is 1.88 bits per heavy atom. The number of fused-ring (bicyclic) bond motifs is 1. The molecule has 0 saturated heterocycles. The van der Waals surface area contributed by atoms with Crippen LogP contribution in [0.3, 0.4) is 0 Å². The third kappa shape index (κ3) is 4.27. The normalized spacial score (nSPS) is 11.3. The van der Waals surface area contributed by atoms with Gasteiger partial charge in [0, 0.05) is 22.2 Å². The van der Waals surface area contributed by atoms with E-state index >= 15 is 0 Å². The van der Waals surface area contributed by atoms with Crippen molar-refractivity contribution in [1.29, 1.82) is 0 Å². The molecule has 2 N–H and O–H groups in total. The molecule has 0 aliphatic rings. The molecule has 1 aromatic heterocycles. The molecule has 0 atom stereocenters. The number of nitrogens with one attached hydrogen (secondary N) is 2. The van der Waals surface area contributed by atoms with E-state index in [9.17, 15) is 18.0 Å². The molecule has 0 aliphatic heterocycles. The maximum Gasteiger partial charge on any atom is 0.251 e. The lowest BCUT2D eigenvalue weighted by atomic mass is 10.1. The Balaban J connectivity index is 1.61. The van der Waals surface area contributed by atoms with Crippen LogP contribution in [0.2, 0.25) is 0 Å². The van der Waals surface area contributed by atoms with Crippen molar-refractivity contribution in [2.45, 2.75) is 4.90 Å². The summed E-state index contributed by atoms with van der Waals surface area (Å²) in [6, 6.07) is 13.2. The Morgan fingerprint density at radius 3 is 2.65 bits per heavy atom. The van der Waals surface area contributed by atoms with Crippen molar-refractivity contribution < 1.29 is 18.0 Å². The van der Waals surface area contributed by atoms with Gasteiger partial charge in [-0.15, -0.1) is 11.3 Å². The van der Waals surface area contributed by atoms with Crippen LogP contribution in [0.5, 0.6) is 0 Å². The van der Waals surface area contributed by atoms with Crippen LogP contribution in [0.25, 0.3) is 10.1 Å². The summed E-state index contributed by atoms with van der Waals surface area (Å²) >= 11 is 1.59. The molecule has 0 aliphatic carbocycles. The zero-order chi connectivity index (χ0) is 18.7. The number of sulfone groups is 1. The highest BCUT2D eigenvalue weighted by Gasteiger charge is 2.11. The van der Waals surface area contributed by atoms with Crippen LogP contribution in [-0.4, -0.2) is 33.0 Å². The molecule has 134 valence electrons. The van der Waals surface area contributed by atoms with E-state index in [0.717, 1.165) is 16.3 Å². The quantitative estimate of drug-likeness (QED) is 0.703. The van der Waals surface area contributed by atoms with E-state index in [1.165, 1.54) is 12.1 Å². The average molecular weight is 388 g/mol. The lowest BCUT2D eigenvalue weighted by Gasteiger charge is -2.08. The minimum Gasteiger partial charge on any atom is -0.343 e. The van der Waals surface area contributed by atoms with Crippen LogP contribution >= 0.6 is 11.3 Å². The molecule has 0 saturated carbocycles. The van der Waals surface area contributed by atoms with Gasteiger partial charge in [-0.05, 0) is 53.2 Å². The van der Waals surface area contributed by atoms with Crippen LogP contribution in [0.1, 0.15) is 10.4 Å². The van der Waals surface area contributed by atoms with Crippen molar-refractivity contribution in [2.24, 2.45) is 0 Å². The molecule has 0 bridgehead atoms. The Labute approximate surface area is 154 Å². The molecular formula is C18H16N2O4S2. The zero-order valence-electron chi connectivity index (χ0n) is 13.9. The van der Waals surface area contributed by atoms with Crippen molar-refractivity contribution in [3.05, 3.63) is 59.5 Å². The summed E-state index contributed by atoms with van der Waals surface area (Å²) in [4.78, 5) is 24.3. The lowest BCUT2D eigenvalue weighted by molar-refractivity contribution is -0.115. The van der Waals surface area contributed by atoms with E-state index in [-0.39, 0.29) is 17.3 Å². The number of carbonyl (C=O) groups excluding carboxylic acids is 2. The molecular weight excluding hydrogens is 372 g/mol. The van der Waals surface area contributed by atoms with Crippen molar-refractivity contribution in [2.75, 3.05) is 18.1 Å². The van der Waals surface area contributed by atoms with Crippen LogP contribution in [-0.2, 0) is 14.6 Å². The first kappa shape index (κ1) is 18.1. The molecule has 0 spiro atoms. The summed E-state index contributed by atoms with van der Waals surface area (Å²) in [5, 5.41) is 8.05. The molecule has 2 amide bonds. The number of benzene rings is 2. The van der Waals surface area contributed by atoms with Gasteiger partial charge < -0.3 is 10.6 Å². The molecule has 26 heavy (non-hydrogen) atoms. The van der Waals surface area contributed by atoms with Gasteiger partial charge >= 0.3 is 0 Å². The standard InChI is InChI=1S/C18H16N2O4S2/c1-26(23,24)15-4-2-3-14(10-15)20-17(21)11-19-18(22)13-5-6-16-12(9-13)7-8-25-16/h2-10H,11H2,1H3,(H,19,22)(H,20,21). The summed E-state index contributed by atoms with van der Waals surface area (Å²) in [5.41, 5.74) is 0.828.